The molecule has 1 amide bonds. The summed E-state index contributed by atoms with van der Waals surface area (Å²) < 4.78 is 10.4. The normalized spacial score (nSPS) is 12.9. The highest BCUT2D eigenvalue weighted by Crippen LogP contribution is 2.02. The first-order valence-electron chi connectivity index (χ1n) is 7.26. The Morgan fingerprint density at radius 2 is 1.74 bits per heavy atom. The van der Waals surface area contributed by atoms with Gasteiger partial charge in [-0.3, -0.25) is 4.79 Å². The molecule has 0 aliphatic rings. The Kier molecular flexibility index (Phi) is 8.95. The molecule has 0 saturated carbocycles. The lowest BCUT2D eigenvalue weighted by molar-refractivity contribution is -0.122. The molecule has 0 spiro atoms. The molecule has 0 aromatic heterocycles. The lowest BCUT2D eigenvalue weighted by atomic mass is 10.2. The number of aliphatic hydroxyl groups excluding tert-OH is 2. The van der Waals surface area contributed by atoms with Crippen molar-refractivity contribution >= 4 is 5.91 Å². The van der Waals surface area contributed by atoms with Gasteiger partial charge in [-0.1, -0.05) is 36.3 Å². The van der Waals surface area contributed by atoms with Gasteiger partial charge in [-0.2, -0.15) is 0 Å². The van der Waals surface area contributed by atoms with Crippen molar-refractivity contribution in [3.63, 3.8) is 0 Å². The van der Waals surface area contributed by atoms with Gasteiger partial charge in [0, 0.05) is 14.1 Å². The second-order valence-corrected chi connectivity index (χ2v) is 5.15. The van der Waals surface area contributed by atoms with Gasteiger partial charge in [0.1, 0.15) is 18.8 Å². The van der Waals surface area contributed by atoms with Crippen LogP contribution in [0.3, 0.4) is 0 Å². The minimum atomic E-state index is -1.07. The zero-order chi connectivity index (χ0) is 17.1. The number of hydrogen-bond acceptors (Lipinski definition) is 5. The van der Waals surface area contributed by atoms with Crippen molar-refractivity contribution < 1.29 is 24.5 Å². The van der Waals surface area contributed by atoms with Gasteiger partial charge >= 0.3 is 0 Å². The van der Waals surface area contributed by atoms with Crippen LogP contribution >= 0.6 is 0 Å². The first kappa shape index (κ1) is 19.1. The van der Waals surface area contributed by atoms with Gasteiger partial charge in [0.15, 0.2) is 0 Å². The third-order valence-electron chi connectivity index (χ3n) is 2.91. The van der Waals surface area contributed by atoms with E-state index in [1.165, 1.54) is 4.90 Å². The zero-order valence-corrected chi connectivity index (χ0v) is 13.4. The van der Waals surface area contributed by atoms with Crippen LogP contribution in [0.2, 0.25) is 0 Å². The van der Waals surface area contributed by atoms with E-state index in [9.17, 15) is 15.0 Å². The Hall–Kier alpha value is -1.91. The maximum absolute atomic E-state index is 11.2. The summed E-state index contributed by atoms with van der Waals surface area (Å²) in [7, 11) is 3.21. The van der Waals surface area contributed by atoms with Crippen LogP contribution in [0.15, 0.2) is 30.3 Å². The van der Waals surface area contributed by atoms with Gasteiger partial charge in [0.2, 0.25) is 0 Å². The van der Waals surface area contributed by atoms with E-state index in [0.29, 0.717) is 6.61 Å². The fraction of sp³-hybridized carbons (Fsp3) is 0.471. The monoisotopic (exact) mass is 321 g/mol. The Balaban J connectivity index is 2.16. The van der Waals surface area contributed by atoms with E-state index in [0.717, 1.165) is 5.56 Å². The number of nitrogens with zero attached hydrogens (tertiary/aromatic N) is 1. The summed E-state index contributed by atoms with van der Waals surface area (Å²) in [5.74, 6) is 4.60. The minimum absolute atomic E-state index is 0.00418. The van der Waals surface area contributed by atoms with Crippen LogP contribution in [0.4, 0.5) is 0 Å². The third kappa shape index (κ3) is 8.33. The molecule has 0 fully saturated rings. The van der Waals surface area contributed by atoms with Crippen LogP contribution in [0.25, 0.3) is 0 Å². The van der Waals surface area contributed by atoms with Crippen LogP contribution in [-0.2, 0) is 20.9 Å². The van der Waals surface area contributed by atoms with Crippen molar-refractivity contribution in [2.45, 2.75) is 18.8 Å². The van der Waals surface area contributed by atoms with Gasteiger partial charge in [-0.15, -0.1) is 0 Å². The van der Waals surface area contributed by atoms with E-state index in [1.54, 1.807) is 14.1 Å². The second-order valence-electron chi connectivity index (χ2n) is 5.15. The van der Waals surface area contributed by atoms with Crippen LogP contribution in [0, 0.1) is 11.8 Å². The maximum atomic E-state index is 11.2. The molecule has 23 heavy (non-hydrogen) atoms. The fourth-order valence-electron chi connectivity index (χ4n) is 1.55. The largest absolute Gasteiger partial charge is 0.388 e. The molecule has 2 N–H and O–H groups in total. The molecular formula is C17H23NO5. The van der Waals surface area contributed by atoms with Gasteiger partial charge in [-0.05, 0) is 11.5 Å². The summed E-state index contributed by atoms with van der Waals surface area (Å²) in [5, 5.41) is 19.5. The molecule has 2 atom stereocenters. The SMILES string of the molecule is CN(C)C(=O)C#CCOC[C@H](O)[C@@H](O)COCc1ccccc1. The van der Waals surface area contributed by atoms with Gasteiger partial charge < -0.3 is 24.6 Å². The van der Waals surface area contributed by atoms with Gasteiger partial charge in [0.05, 0.1) is 19.8 Å². The first-order chi connectivity index (χ1) is 11.0. The Bertz CT molecular complexity index is 521. The number of aliphatic hydroxyl groups is 2. The highest BCUT2D eigenvalue weighted by atomic mass is 16.5. The molecule has 0 unspecified atom stereocenters. The van der Waals surface area contributed by atoms with Crippen molar-refractivity contribution in [3.8, 4) is 11.8 Å². The number of amides is 1. The Labute approximate surface area is 136 Å². The Morgan fingerprint density at radius 3 is 2.35 bits per heavy atom. The average molecular weight is 321 g/mol. The zero-order valence-electron chi connectivity index (χ0n) is 13.4. The maximum Gasteiger partial charge on any atom is 0.298 e. The second kappa shape index (κ2) is 10.8. The number of ether oxygens (including phenoxy) is 2. The third-order valence-corrected chi connectivity index (χ3v) is 2.91. The lowest BCUT2D eigenvalue weighted by Crippen LogP contribution is -2.34. The molecule has 0 radical (unpaired) electrons. The summed E-state index contributed by atoms with van der Waals surface area (Å²) in [4.78, 5) is 12.5. The molecule has 1 aromatic carbocycles. The van der Waals surface area contributed by atoms with Crippen molar-refractivity contribution in [3.05, 3.63) is 35.9 Å². The molecule has 6 heteroatoms. The quantitative estimate of drug-likeness (QED) is 0.522. The van der Waals surface area contributed by atoms with E-state index in [1.807, 2.05) is 30.3 Å². The predicted molar refractivity (Wildman–Crippen MR) is 85.4 cm³/mol. The van der Waals surface area contributed by atoms with E-state index in [4.69, 9.17) is 9.47 Å². The summed E-state index contributed by atoms with van der Waals surface area (Å²) in [6.45, 7) is 0.294. The molecule has 0 heterocycles. The molecule has 0 aliphatic heterocycles. The highest BCUT2D eigenvalue weighted by Gasteiger charge is 2.16. The van der Waals surface area contributed by atoms with Crippen LogP contribution < -0.4 is 0 Å². The van der Waals surface area contributed by atoms with Crippen molar-refractivity contribution in [1.82, 2.24) is 4.90 Å². The molecule has 126 valence electrons. The van der Waals surface area contributed by atoms with Crippen LogP contribution in [0.5, 0.6) is 0 Å². The number of rotatable bonds is 8. The van der Waals surface area contributed by atoms with Crippen molar-refractivity contribution in [1.29, 1.82) is 0 Å². The smallest absolute Gasteiger partial charge is 0.298 e. The summed E-state index contributed by atoms with van der Waals surface area (Å²) in [6, 6.07) is 9.55. The van der Waals surface area contributed by atoms with Crippen molar-refractivity contribution in [2.75, 3.05) is 33.9 Å². The molecule has 0 bridgehead atoms. The Morgan fingerprint density at radius 1 is 1.13 bits per heavy atom. The van der Waals surface area contributed by atoms with Gasteiger partial charge in [-0.25, -0.2) is 0 Å². The van der Waals surface area contributed by atoms with Crippen LogP contribution in [-0.4, -0.2) is 67.1 Å². The topological polar surface area (TPSA) is 79.2 Å². The molecule has 0 saturated heterocycles. The molecule has 1 rings (SSSR count). The van der Waals surface area contributed by atoms with Crippen molar-refractivity contribution in [2.24, 2.45) is 0 Å². The standard InChI is InChI=1S/C17H23NO5/c1-18(2)17(21)9-6-10-22-12-15(19)16(20)13-23-11-14-7-4-3-5-8-14/h3-5,7-8,15-16,19-20H,10-13H2,1-2H3/t15-,16-/m0/s1. The highest BCUT2D eigenvalue weighted by molar-refractivity contribution is 5.93. The number of benzene rings is 1. The first-order valence-corrected chi connectivity index (χ1v) is 7.26. The number of carbonyl (C=O) groups excluding carboxylic acids is 1. The molecular weight excluding hydrogens is 298 g/mol. The summed E-state index contributed by atoms with van der Waals surface area (Å²) >= 11 is 0. The average Bonchev–Trinajstić information content (AvgIpc) is 2.54. The van der Waals surface area contributed by atoms with Gasteiger partial charge in [0.25, 0.3) is 5.91 Å². The minimum Gasteiger partial charge on any atom is -0.388 e. The summed E-state index contributed by atoms with van der Waals surface area (Å²) in [5.41, 5.74) is 0.992. The molecule has 0 aliphatic carbocycles. The van der Waals surface area contributed by atoms with E-state index in [2.05, 4.69) is 11.8 Å². The van der Waals surface area contributed by atoms with E-state index >= 15 is 0 Å². The molecule has 1 aromatic rings. The fourth-order valence-corrected chi connectivity index (χ4v) is 1.55. The van der Waals surface area contributed by atoms with E-state index in [-0.39, 0.29) is 25.7 Å². The van der Waals surface area contributed by atoms with E-state index < -0.39 is 12.2 Å². The van der Waals surface area contributed by atoms with Crippen LogP contribution in [0.1, 0.15) is 5.56 Å². The number of carbonyl (C=O) groups is 1. The predicted octanol–water partition coefficient (Wildman–Crippen LogP) is 0.0332. The number of hydrogen-bond donors (Lipinski definition) is 2. The summed E-state index contributed by atoms with van der Waals surface area (Å²) in [6.07, 6.45) is -2.12. The molecule has 6 nitrogen and oxygen atoms in total. The lowest BCUT2D eigenvalue weighted by Gasteiger charge is -2.17.